The highest BCUT2D eigenvalue weighted by Gasteiger charge is 2.33. The summed E-state index contributed by atoms with van der Waals surface area (Å²) in [5.74, 6) is -0.972. The van der Waals surface area contributed by atoms with Crippen LogP contribution in [0.3, 0.4) is 0 Å². The quantitative estimate of drug-likeness (QED) is 0.740. The SMILES string of the molecule is CCCCN1CCN(C)C(=O)C1CC(=O)O. The Kier molecular flexibility index (Phi) is 4.73. The standard InChI is InChI=1S/C11H20N2O3/c1-3-4-5-13-7-6-12(2)11(16)9(13)8-10(14)15/h9H,3-8H2,1-2H3,(H,14,15). The van der Waals surface area contributed by atoms with Gasteiger partial charge in [-0.2, -0.15) is 0 Å². The van der Waals surface area contributed by atoms with Crippen LogP contribution >= 0.6 is 0 Å². The van der Waals surface area contributed by atoms with Crippen molar-refractivity contribution in [2.45, 2.75) is 32.2 Å². The first-order valence-electron chi connectivity index (χ1n) is 5.77. The predicted molar refractivity (Wildman–Crippen MR) is 60.2 cm³/mol. The molecule has 1 aliphatic heterocycles. The second-order valence-corrected chi connectivity index (χ2v) is 4.26. The molecule has 0 saturated carbocycles. The van der Waals surface area contributed by atoms with E-state index in [1.54, 1.807) is 11.9 Å². The van der Waals surface area contributed by atoms with Crippen molar-refractivity contribution in [1.29, 1.82) is 0 Å². The average Bonchev–Trinajstić information content (AvgIpc) is 2.23. The van der Waals surface area contributed by atoms with Crippen LogP contribution in [0.2, 0.25) is 0 Å². The highest BCUT2D eigenvalue weighted by atomic mass is 16.4. The van der Waals surface area contributed by atoms with Gasteiger partial charge in [0, 0.05) is 20.1 Å². The van der Waals surface area contributed by atoms with Crippen LogP contribution in [-0.2, 0) is 9.59 Å². The van der Waals surface area contributed by atoms with Crippen molar-refractivity contribution in [3.05, 3.63) is 0 Å². The van der Waals surface area contributed by atoms with Crippen molar-refractivity contribution < 1.29 is 14.7 Å². The number of piperazine rings is 1. The molecule has 1 unspecified atom stereocenters. The van der Waals surface area contributed by atoms with Crippen LogP contribution in [0.15, 0.2) is 0 Å². The molecule has 0 aliphatic carbocycles. The van der Waals surface area contributed by atoms with Crippen LogP contribution in [0.25, 0.3) is 0 Å². The number of rotatable bonds is 5. The van der Waals surface area contributed by atoms with Gasteiger partial charge in [0.05, 0.1) is 12.5 Å². The maximum Gasteiger partial charge on any atom is 0.305 e. The van der Waals surface area contributed by atoms with E-state index in [1.165, 1.54) is 0 Å². The van der Waals surface area contributed by atoms with Gasteiger partial charge in [-0.3, -0.25) is 14.5 Å². The van der Waals surface area contributed by atoms with Gasteiger partial charge in [0.15, 0.2) is 0 Å². The maximum atomic E-state index is 11.9. The number of aliphatic carboxylic acids is 1. The zero-order valence-electron chi connectivity index (χ0n) is 9.98. The monoisotopic (exact) mass is 228 g/mol. The van der Waals surface area contributed by atoms with E-state index in [0.29, 0.717) is 6.54 Å². The summed E-state index contributed by atoms with van der Waals surface area (Å²) in [6.07, 6.45) is 1.97. The fourth-order valence-corrected chi connectivity index (χ4v) is 1.97. The predicted octanol–water partition coefficient (Wildman–Crippen LogP) is 0.404. The number of hydrogen-bond acceptors (Lipinski definition) is 3. The normalized spacial score (nSPS) is 22.5. The summed E-state index contributed by atoms with van der Waals surface area (Å²) in [6.45, 7) is 4.37. The number of nitrogens with zero attached hydrogens (tertiary/aromatic N) is 2. The van der Waals surface area contributed by atoms with E-state index in [0.717, 1.165) is 25.9 Å². The number of hydrogen-bond donors (Lipinski definition) is 1. The van der Waals surface area contributed by atoms with Crippen molar-refractivity contribution in [2.75, 3.05) is 26.7 Å². The first kappa shape index (κ1) is 13.0. The zero-order valence-corrected chi connectivity index (χ0v) is 9.98. The van der Waals surface area contributed by atoms with Crippen LogP contribution in [-0.4, -0.2) is 59.5 Å². The summed E-state index contributed by atoms with van der Waals surface area (Å²) < 4.78 is 0. The van der Waals surface area contributed by atoms with Gasteiger partial charge in [0.1, 0.15) is 0 Å². The van der Waals surface area contributed by atoms with Crippen molar-refractivity contribution in [3.8, 4) is 0 Å². The number of carbonyl (C=O) groups is 2. The van der Waals surface area contributed by atoms with Gasteiger partial charge in [-0.15, -0.1) is 0 Å². The number of carboxylic acid groups (broad SMARTS) is 1. The van der Waals surface area contributed by atoms with Crippen LogP contribution in [0, 0.1) is 0 Å². The number of unbranched alkanes of at least 4 members (excludes halogenated alkanes) is 1. The second-order valence-electron chi connectivity index (χ2n) is 4.26. The molecule has 1 amide bonds. The van der Waals surface area contributed by atoms with Crippen molar-refractivity contribution in [1.82, 2.24) is 9.80 Å². The van der Waals surface area contributed by atoms with Crippen LogP contribution in [0.5, 0.6) is 0 Å². The van der Waals surface area contributed by atoms with Crippen LogP contribution in [0.1, 0.15) is 26.2 Å². The second kappa shape index (κ2) is 5.84. The van der Waals surface area contributed by atoms with E-state index >= 15 is 0 Å². The molecule has 5 nitrogen and oxygen atoms in total. The highest BCUT2D eigenvalue weighted by molar-refractivity contribution is 5.86. The number of likely N-dealkylation sites (N-methyl/N-ethyl adjacent to an activating group) is 1. The Morgan fingerprint density at radius 3 is 2.75 bits per heavy atom. The summed E-state index contributed by atoms with van der Waals surface area (Å²) in [4.78, 5) is 26.2. The summed E-state index contributed by atoms with van der Waals surface area (Å²) >= 11 is 0. The Bertz CT molecular complexity index is 266. The Morgan fingerprint density at radius 1 is 1.50 bits per heavy atom. The largest absolute Gasteiger partial charge is 0.481 e. The molecule has 1 rings (SSSR count). The maximum absolute atomic E-state index is 11.9. The van der Waals surface area contributed by atoms with Gasteiger partial charge in [0.2, 0.25) is 5.91 Å². The van der Waals surface area contributed by atoms with Crippen molar-refractivity contribution in [3.63, 3.8) is 0 Å². The molecule has 1 saturated heterocycles. The lowest BCUT2D eigenvalue weighted by atomic mass is 10.1. The molecule has 0 aromatic rings. The first-order chi connectivity index (χ1) is 7.56. The number of amides is 1. The molecule has 16 heavy (non-hydrogen) atoms. The molecule has 0 aromatic carbocycles. The molecule has 1 N–H and O–H groups in total. The molecule has 1 fully saturated rings. The molecular weight excluding hydrogens is 208 g/mol. The lowest BCUT2D eigenvalue weighted by Gasteiger charge is -2.38. The lowest BCUT2D eigenvalue weighted by Crippen LogP contribution is -2.56. The van der Waals surface area contributed by atoms with Gasteiger partial charge in [-0.05, 0) is 13.0 Å². The van der Waals surface area contributed by atoms with E-state index in [2.05, 4.69) is 6.92 Å². The fourth-order valence-electron chi connectivity index (χ4n) is 1.97. The molecule has 1 aliphatic rings. The minimum Gasteiger partial charge on any atom is -0.481 e. The first-order valence-corrected chi connectivity index (χ1v) is 5.77. The van der Waals surface area contributed by atoms with E-state index < -0.39 is 12.0 Å². The molecule has 0 aromatic heterocycles. The molecule has 0 spiro atoms. The Morgan fingerprint density at radius 2 is 2.19 bits per heavy atom. The average molecular weight is 228 g/mol. The van der Waals surface area contributed by atoms with E-state index in [-0.39, 0.29) is 12.3 Å². The highest BCUT2D eigenvalue weighted by Crippen LogP contribution is 2.14. The van der Waals surface area contributed by atoms with Crippen LogP contribution in [0.4, 0.5) is 0 Å². The Labute approximate surface area is 96.0 Å². The Balaban J connectivity index is 2.65. The van der Waals surface area contributed by atoms with Gasteiger partial charge in [0.25, 0.3) is 0 Å². The number of carboxylic acids is 1. The van der Waals surface area contributed by atoms with Gasteiger partial charge in [-0.1, -0.05) is 13.3 Å². The van der Waals surface area contributed by atoms with E-state index in [1.807, 2.05) is 4.90 Å². The minimum atomic E-state index is -0.907. The smallest absolute Gasteiger partial charge is 0.305 e. The molecule has 1 heterocycles. The summed E-state index contributed by atoms with van der Waals surface area (Å²) in [5, 5.41) is 8.82. The molecule has 0 radical (unpaired) electrons. The zero-order chi connectivity index (χ0) is 12.1. The van der Waals surface area contributed by atoms with E-state index in [4.69, 9.17) is 5.11 Å². The van der Waals surface area contributed by atoms with Crippen molar-refractivity contribution >= 4 is 11.9 Å². The molecule has 0 bridgehead atoms. The van der Waals surface area contributed by atoms with Crippen molar-refractivity contribution in [2.24, 2.45) is 0 Å². The summed E-state index contributed by atoms with van der Waals surface area (Å²) in [5.41, 5.74) is 0. The van der Waals surface area contributed by atoms with Gasteiger partial charge >= 0.3 is 5.97 Å². The third-order valence-corrected chi connectivity index (χ3v) is 2.99. The minimum absolute atomic E-state index is 0.0650. The third kappa shape index (κ3) is 3.20. The molecule has 5 heteroatoms. The Hall–Kier alpha value is -1.10. The molecular formula is C11H20N2O3. The lowest BCUT2D eigenvalue weighted by molar-refractivity contribution is -0.148. The van der Waals surface area contributed by atoms with Crippen LogP contribution < -0.4 is 0 Å². The summed E-state index contributed by atoms with van der Waals surface area (Å²) in [6, 6.07) is -0.470. The van der Waals surface area contributed by atoms with E-state index in [9.17, 15) is 9.59 Å². The summed E-state index contributed by atoms with van der Waals surface area (Å²) in [7, 11) is 1.73. The van der Waals surface area contributed by atoms with Gasteiger partial charge < -0.3 is 10.0 Å². The topological polar surface area (TPSA) is 60.9 Å². The number of carbonyl (C=O) groups excluding carboxylic acids is 1. The third-order valence-electron chi connectivity index (χ3n) is 2.99. The molecule has 1 atom stereocenters. The molecule has 92 valence electrons. The van der Waals surface area contributed by atoms with Gasteiger partial charge in [-0.25, -0.2) is 0 Å². The fraction of sp³-hybridized carbons (Fsp3) is 0.818.